The standard InChI is InChI=1S/C26H24N4O3/c31-26-24(22-16-21(30(32)33)12-13-23(22)28-26)25(19-6-2-1-3-7-19)27-20-10-8-18(9-11-20)17-29-14-4-5-15-29/h1-3,6-13,16,27H,4-5,14-15,17H2,(H,28,31). The van der Waals surface area contributed by atoms with Crippen molar-refractivity contribution in [3.63, 3.8) is 0 Å². The first-order chi connectivity index (χ1) is 16.1. The van der Waals surface area contributed by atoms with Gasteiger partial charge in [0.1, 0.15) is 0 Å². The van der Waals surface area contributed by atoms with Crippen LogP contribution in [0.1, 0.15) is 29.5 Å². The topological polar surface area (TPSA) is 87.5 Å². The van der Waals surface area contributed by atoms with Gasteiger partial charge >= 0.3 is 0 Å². The summed E-state index contributed by atoms with van der Waals surface area (Å²) in [5.74, 6) is -0.289. The van der Waals surface area contributed by atoms with Crippen LogP contribution in [-0.4, -0.2) is 28.8 Å². The van der Waals surface area contributed by atoms with E-state index in [0.29, 0.717) is 22.5 Å². The van der Waals surface area contributed by atoms with Gasteiger partial charge in [0.25, 0.3) is 11.6 Å². The SMILES string of the molecule is O=C1Nc2ccc([N+](=O)[O-])cc2C1=C(Nc1ccc(CN2CCCC2)cc1)c1ccccc1. The van der Waals surface area contributed by atoms with Crippen molar-refractivity contribution < 1.29 is 9.72 Å². The van der Waals surface area contributed by atoms with Crippen molar-refractivity contribution in [1.29, 1.82) is 0 Å². The Morgan fingerprint density at radius 3 is 2.42 bits per heavy atom. The summed E-state index contributed by atoms with van der Waals surface area (Å²) in [7, 11) is 0. The highest BCUT2D eigenvalue weighted by Crippen LogP contribution is 2.39. The van der Waals surface area contributed by atoms with Crippen molar-refractivity contribution in [3.05, 3.63) is 99.6 Å². The molecule has 3 aromatic carbocycles. The summed E-state index contributed by atoms with van der Waals surface area (Å²) in [6.07, 6.45) is 2.52. The molecule has 166 valence electrons. The molecular formula is C26H24N4O3. The van der Waals surface area contributed by atoms with Crippen molar-refractivity contribution >= 4 is 34.2 Å². The molecule has 2 aliphatic rings. The van der Waals surface area contributed by atoms with Crippen molar-refractivity contribution in [1.82, 2.24) is 4.90 Å². The number of nitro groups is 1. The van der Waals surface area contributed by atoms with Gasteiger partial charge in [0, 0.05) is 35.6 Å². The second kappa shape index (κ2) is 8.88. The normalized spacial score (nSPS) is 16.9. The number of hydrogen-bond donors (Lipinski definition) is 2. The number of carbonyl (C=O) groups is 1. The molecule has 5 rings (SSSR count). The Hall–Kier alpha value is -3.97. The molecule has 0 unspecified atom stereocenters. The molecule has 0 radical (unpaired) electrons. The van der Waals surface area contributed by atoms with Gasteiger partial charge in [-0.3, -0.25) is 19.8 Å². The number of rotatable bonds is 6. The maximum atomic E-state index is 13.0. The van der Waals surface area contributed by atoms with Crippen molar-refractivity contribution in [2.75, 3.05) is 23.7 Å². The highest BCUT2D eigenvalue weighted by atomic mass is 16.6. The summed E-state index contributed by atoms with van der Waals surface area (Å²) in [4.78, 5) is 26.3. The summed E-state index contributed by atoms with van der Waals surface area (Å²) in [5, 5.41) is 17.6. The Morgan fingerprint density at radius 2 is 1.73 bits per heavy atom. The van der Waals surface area contributed by atoms with E-state index in [4.69, 9.17) is 0 Å². The van der Waals surface area contributed by atoms with Gasteiger partial charge < -0.3 is 10.6 Å². The van der Waals surface area contributed by atoms with Crippen LogP contribution in [0.3, 0.4) is 0 Å². The first kappa shape index (κ1) is 20.9. The van der Waals surface area contributed by atoms with Crippen LogP contribution in [0.15, 0.2) is 72.8 Å². The van der Waals surface area contributed by atoms with Crippen LogP contribution in [0.2, 0.25) is 0 Å². The molecule has 1 amide bonds. The van der Waals surface area contributed by atoms with Gasteiger partial charge in [-0.15, -0.1) is 0 Å². The number of benzene rings is 3. The Bertz CT molecular complexity index is 1230. The predicted octanol–water partition coefficient (Wildman–Crippen LogP) is 5.12. The van der Waals surface area contributed by atoms with E-state index in [9.17, 15) is 14.9 Å². The molecule has 2 aliphatic heterocycles. The number of nitrogens with one attached hydrogen (secondary N) is 2. The molecule has 7 nitrogen and oxygen atoms in total. The fourth-order valence-electron chi connectivity index (χ4n) is 4.44. The van der Waals surface area contributed by atoms with Crippen LogP contribution >= 0.6 is 0 Å². The van der Waals surface area contributed by atoms with Gasteiger partial charge in [0.05, 0.1) is 16.2 Å². The van der Waals surface area contributed by atoms with Gasteiger partial charge in [-0.05, 0) is 55.3 Å². The molecule has 0 atom stereocenters. The lowest BCUT2D eigenvalue weighted by Crippen LogP contribution is -2.18. The summed E-state index contributed by atoms with van der Waals surface area (Å²) >= 11 is 0. The number of fused-ring (bicyclic) bond motifs is 1. The number of likely N-dealkylation sites (tertiary alicyclic amines) is 1. The molecule has 7 heteroatoms. The molecule has 0 spiro atoms. The molecule has 2 heterocycles. The zero-order valence-corrected chi connectivity index (χ0v) is 18.1. The number of nitrogens with zero attached hydrogens (tertiary/aromatic N) is 2. The Kier molecular flexibility index (Phi) is 5.62. The average molecular weight is 441 g/mol. The smallest absolute Gasteiger partial charge is 0.270 e. The summed E-state index contributed by atoms with van der Waals surface area (Å²) in [6.45, 7) is 3.22. The molecule has 0 aliphatic carbocycles. The van der Waals surface area contributed by atoms with E-state index >= 15 is 0 Å². The third kappa shape index (κ3) is 4.36. The van der Waals surface area contributed by atoms with E-state index in [-0.39, 0.29) is 11.6 Å². The highest BCUT2D eigenvalue weighted by molar-refractivity contribution is 6.37. The van der Waals surface area contributed by atoms with Gasteiger partial charge in [-0.1, -0.05) is 42.5 Å². The third-order valence-corrected chi connectivity index (χ3v) is 6.10. The van der Waals surface area contributed by atoms with Crippen LogP contribution in [-0.2, 0) is 11.3 Å². The largest absolute Gasteiger partial charge is 0.354 e. The van der Waals surface area contributed by atoms with Crippen LogP contribution in [0.5, 0.6) is 0 Å². The van der Waals surface area contributed by atoms with E-state index in [1.54, 1.807) is 6.07 Å². The molecule has 0 aromatic heterocycles. The predicted molar refractivity (Wildman–Crippen MR) is 130 cm³/mol. The molecule has 0 bridgehead atoms. The third-order valence-electron chi connectivity index (χ3n) is 6.10. The summed E-state index contributed by atoms with van der Waals surface area (Å²) in [5.41, 5.74) is 4.95. The van der Waals surface area contributed by atoms with Crippen molar-refractivity contribution in [2.45, 2.75) is 19.4 Å². The minimum Gasteiger partial charge on any atom is -0.354 e. The lowest BCUT2D eigenvalue weighted by Gasteiger charge is -2.17. The lowest BCUT2D eigenvalue weighted by atomic mass is 9.99. The minimum absolute atomic E-state index is 0.0542. The zero-order valence-electron chi connectivity index (χ0n) is 18.1. The number of hydrogen-bond acceptors (Lipinski definition) is 5. The average Bonchev–Trinajstić information content (AvgIpc) is 3.45. The molecule has 3 aromatic rings. The number of amides is 1. The Morgan fingerprint density at radius 1 is 1.00 bits per heavy atom. The lowest BCUT2D eigenvalue weighted by molar-refractivity contribution is -0.384. The molecule has 1 fully saturated rings. The number of nitro benzene ring substituents is 1. The van der Waals surface area contributed by atoms with Crippen molar-refractivity contribution in [2.24, 2.45) is 0 Å². The van der Waals surface area contributed by atoms with Gasteiger partial charge in [-0.25, -0.2) is 0 Å². The van der Waals surface area contributed by atoms with Gasteiger partial charge in [0.2, 0.25) is 0 Å². The fraction of sp³-hybridized carbons (Fsp3) is 0.192. The van der Waals surface area contributed by atoms with E-state index < -0.39 is 4.92 Å². The second-order valence-electron chi connectivity index (χ2n) is 8.36. The molecule has 0 saturated carbocycles. The van der Waals surface area contributed by atoms with E-state index in [1.165, 1.54) is 30.5 Å². The monoisotopic (exact) mass is 440 g/mol. The minimum atomic E-state index is -0.449. The van der Waals surface area contributed by atoms with Crippen LogP contribution in [0.4, 0.5) is 17.1 Å². The van der Waals surface area contributed by atoms with E-state index in [0.717, 1.165) is 30.9 Å². The van der Waals surface area contributed by atoms with Gasteiger partial charge in [-0.2, -0.15) is 0 Å². The second-order valence-corrected chi connectivity index (χ2v) is 8.36. The first-order valence-electron chi connectivity index (χ1n) is 11.1. The maximum Gasteiger partial charge on any atom is 0.270 e. The molecule has 33 heavy (non-hydrogen) atoms. The fourth-order valence-corrected chi connectivity index (χ4v) is 4.44. The Balaban J connectivity index is 1.53. The Labute approximate surface area is 191 Å². The molecule has 2 N–H and O–H groups in total. The highest BCUT2D eigenvalue weighted by Gasteiger charge is 2.30. The quantitative estimate of drug-likeness (QED) is 0.315. The number of non-ortho nitro benzene ring substituents is 1. The van der Waals surface area contributed by atoms with E-state index in [1.807, 2.05) is 42.5 Å². The zero-order chi connectivity index (χ0) is 22.8. The molecule has 1 saturated heterocycles. The van der Waals surface area contributed by atoms with Crippen LogP contribution in [0, 0.1) is 10.1 Å². The number of anilines is 2. The van der Waals surface area contributed by atoms with Crippen LogP contribution in [0.25, 0.3) is 11.3 Å². The first-order valence-corrected chi connectivity index (χ1v) is 11.1. The van der Waals surface area contributed by atoms with Gasteiger partial charge in [0.15, 0.2) is 0 Å². The summed E-state index contributed by atoms with van der Waals surface area (Å²) in [6, 6.07) is 22.2. The van der Waals surface area contributed by atoms with E-state index in [2.05, 4.69) is 27.7 Å². The molecular weight excluding hydrogens is 416 g/mol. The number of carbonyl (C=O) groups excluding carboxylic acids is 1. The summed E-state index contributed by atoms with van der Waals surface area (Å²) < 4.78 is 0. The maximum absolute atomic E-state index is 13.0. The van der Waals surface area contributed by atoms with Crippen molar-refractivity contribution in [3.8, 4) is 0 Å². The van der Waals surface area contributed by atoms with Crippen LogP contribution < -0.4 is 10.6 Å².